The second-order valence-electron chi connectivity index (χ2n) is 6.03. The zero-order chi connectivity index (χ0) is 19.8. The molecule has 0 aliphatic carbocycles. The van der Waals surface area contributed by atoms with Crippen LogP contribution in [0.4, 0.5) is 0 Å². The van der Waals surface area contributed by atoms with E-state index in [1.54, 1.807) is 48.5 Å². The Bertz CT molecular complexity index is 1330. The van der Waals surface area contributed by atoms with E-state index in [-0.39, 0.29) is 29.0 Å². The highest BCUT2D eigenvalue weighted by molar-refractivity contribution is 7.99. The fraction of sp³-hybridized carbons (Fsp3) is 0.100. The molecule has 0 saturated carbocycles. The Morgan fingerprint density at radius 2 is 1.89 bits per heavy atom. The normalized spacial score (nSPS) is 11.4. The summed E-state index contributed by atoms with van der Waals surface area (Å²) in [6, 6.07) is 13.6. The number of fused-ring (bicyclic) bond motifs is 3. The number of hydrogen-bond acceptors (Lipinski definition) is 6. The van der Waals surface area contributed by atoms with Gasteiger partial charge in [-0.25, -0.2) is 4.79 Å². The van der Waals surface area contributed by atoms with Gasteiger partial charge in [-0.05, 0) is 30.3 Å². The summed E-state index contributed by atoms with van der Waals surface area (Å²) >= 11 is 6.94. The number of benzene rings is 2. The third kappa shape index (κ3) is 3.07. The first kappa shape index (κ1) is 18.6. The predicted molar refractivity (Wildman–Crippen MR) is 109 cm³/mol. The van der Waals surface area contributed by atoms with Gasteiger partial charge in [0.05, 0.1) is 12.1 Å². The van der Waals surface area contributed by atoms with Crippen LogP contribution in [0.1, 0.15) is 0 Å². The number of aliphatic hydroxyl groups is 1. The zero-order valence-corrected chi connectivity index (χ0v) is 16.0. The van der Waals surface area contributed by atoms with E-state index in [2.05, 4.69) is 0 Å². The lowest BCUT2D eigenvalue weighted by Gasteiger charge is -2.13. The summed E-state index contributed by atoms with van der Waals surface area (Å²) in [6.07, 6.45) is 0. The van der Waals surface area contributed by atoms with E-state index in [0.717, 1.165) is 11.8 Å². The largest absolute Gasteiger partial charge is 0.505 e. The number of pyridine rings is 1. The molecule has 28 heavy (non-hydrogen) atoms. The van der Waals surface area contributed by atoms with Gasteiger partial charge in [0.25, 0.3) is 5.56 Å². The summed E-state index contributed by atoms with van der Waals surface area (Å²) in [5.41, 5.74) is -0.768. The molecule has 8 heteroatoms. The predicted octanol–water partition coefficient (Wildman–Crippen LogP) is 3.61. The van der Waals surface area contributed by atoms with Crippen molar-refractivity contribution in [2.24, 2.45) is 0 Å². The number of aromatic hydroxyl groups is 1. The fourth-order valence-electron chi connectivity index (χ4n) is 3.10. The molecule has 142 valence electrons. The Morgan fingerprint density at radius 3 is 2.64 bits per heavy atom. The molecule has 2 N–H and O–H groups in total. The van der Waals surface area contributed by atoms with E-state index >= 15 is 0 Å². The molecule has 2 heterocycles. The van der Waals surface area contributed by atoms with E-state index < -0.39 is 16.9 Å². The molecule has 2 aromatic heterocycles. The van der Waals surface area contributed by atoms with Gasteiger partial charge in [0, 0.05) is 21.8 Å². The minimum absolute atomic E-state index is 0.0210. The van der Waals surface area contributed by atoms with Crippen LogP contribution in [0, 0.1) is 0 Å². The van der Waals surface area contributed by atoms with E-state index in [9.17, 15) is 19.8 Å². The number of hydrogen-bond donors (Lipinski definition) is 2. The number of rotatable bonds is 4. The molecular weight excluding hydrogens is 402 g/mol. The lowest BCUT2D eigenvalue weighted by molar-refractivity contribution is 0.276. The van der Waals surface area contributed by atoms with Crippen LogP contribution in [0.2, 0.25) is 5.02 Å². The Kier molecular flexibility index (Phi) is 4.89. The van der Waals surface area contributed by atoms with Crippen LogP contribution in [0.25, 0.3) is 21.9 Å². The van der Waals surface area contributed by atoms with Crippen molar-refractivity contribution >= 4 is 45.2 Å². The molecule has 0 amide bonds. The maximum Gasteiger partial charge on any atom is 0.354 e. The van der Waals surface area contributed by atoms with E-state index in [0.29, 0.717) is 20.8 Å². The molecule has 0 atom stereocenters. The van der Waals surface area contributed by atoms with Gasteiger partial charge in [-0.3, -0.25) is 4.79 Å². The molecule has 0 saturated heterocycles. The van der Waals surface area contributed by atoms with Crippen LogP contribution in [0.5, 0.6) is 5.75 Å². The summed E-state index contributed by atoms with van der Waals surface area (Å²) in [4.78, 5) is 26.1. The topological polar surface area (TPSA) is 92.7 Å². The molecule has 0 spiro atoms. The number of aromatic nitrogens is 1. The molecule has 0 unspecified atom stereocenters. The summed E-state index contributed by atoms with van der Waals surface area (Å²) in [6.45, 7) is -0.207. The highest BCUT2D eigenvalue weighted by Crippen LogP contribution is 2.37. The van der Waals surface area contributed by atoms with Crippen LogP contribution in [0.15, 0.2) is 72.3 Å². The second kappa shape index (κ2) is 7.35. The Morgan fingerprint density at radius 1 is 1.11 bits per heavy atom. The summed E-state index contributed by atoms with van der Waals surface area (Å²) in [7, 11) is 0. The lowest BCUT2D eigenvalue weighted by atomic mass is 10.1. The van der Waals surface area contributed by atoms with Crippen molar-refractivity contribution in [1.82, 2.24) is 4.57 Å². The van der Waals surface area contributed by atoms with E-state index in [1.165, 1.54) is 4.57 Å². The van der Waals surface area contributed by atoms with Crippen LogP contribution < -0.4 is 11.2 Å². The van der Waals surface area contributed by atoms with Crippen molar-refractivity contribution in [3.05, 3.63) is 74.3 Å². The Hall–Kier alpha value is -2.74. The Balaban J connectivity index is 2.05. The molecule has 0 fully saturated rings. The van der Waals surface area contributed by atoms with Crippen LogP contribution in [-0.2, 0) is 6.54 Å². The molecule has 0 aliphatic rings. The van der Waals surface area contributed by atoms with Crippen molar-refractivity contribution in [3.63, 3.8) is 0 Å². The molecule has 0 aliphatic heterocycles. The van der Waals surface area contributed by atoms with Gasteiger partial charge in [-0.15, -0.1) is 0 Å². The monoisotopic (exact) mass is 415 g/mol. The molecule has 2 aromatic carbocycles. The summed E-state index contributed by atoms with van der Waals surface area (Å²) in [5.74, 6) is -0.446. The fourth-order valence-corrected chi connectivity index (χ4v) is 4.25. The summed E-state index contributed by atoms with van der Waals surface area (Å²) < 4.78 is 6.81. The zero-order valence-electron chi connectivity index (χ0n) is 14.4. The van der Waals surface area contributed by atoms with Gasteiger partial charge in [-0.1, -0.05) is 41.6 Å². The quantitative estimate of drug-likeness (QED) is 0.494. The van der Waals surface area contributed by atoms with Crippen LogP contribution >= 0.6 is 23.4 Å². The van der Waals surface area contributed by atoms with Crippen molar-refractivity contribution in [3.8, 4) is 5.75 Å². The second-order valence-corrected chi connectivity index (χ2v) is 7.55. The highest BCUT2D eigenvalue weighted by Gasteiger charge is 2.22. The molecule has 0 radical (unpaired) electrons. The number of nitrogens with zero attached hydrogens (tertiary/aromatic N) is 1. The maximum absolute atomic E-state index is 13.0. The molecule has 4 aromatic rings. The minimum Gasteiger partial charge on any atom is -0.505 e. The lowest BCUT2D eigenvalue weighted by Crippen LogP contribution is -2.23. The van der Waals surface area contributed by atoms with Crippen molar-refractivity contribution < 1.29 is 14.6 Å². The van der Waals surface area contributed by atoms with Gasteiger partial charge in [-0.2, -0.15) is 0 Å². The SMILES string of the molecule is O=c1oc2c(c(O)c1Sc1cccc(Cl)c1)c(=O)n(CCO)c1ccccc21. The van der Waals surface area contributed by atoms with Gasteiger partial charge in [0.2, 0.25) is 0 Å². The highest BCUT2D eigenvalue weighted by atomic mass is 35.5. The van der Waals surface area contributed by atoms with Crippen LogP contribution in [0.3, 0.4) is 0 Å². The number of para-hydroxylation sites is 1. The maximum atomic E-state index is 13.0. The minimum atomic E-state index is -0.751. The standard InChI is InChI=1S/C20H14ClNO5S/c21-11-4-3-5-12(10-11)28-18-16(24)15-17(27-20(18)26)13-6-1-2-7-14(13)22(8-9-23)19(15)25/h1-7,10,23-24H,8-9H2. The summed E-state index contributed by atoms with van der Waals surface area (Å²) in [5, 5.41) is 21.0. The van der Waals surface area contributed by atoms with Gasteiger partial charge in [0.1, 0.15) is 10.3 Å². The van der Waals surface area contributed by atoms with Crippen LogP contribution in [-0.4, -0.2) is 21.4 Å². The van der Waals surface area contributed by atoms with Crippen molar-refractivity contribution in [2.45, 2.75) is 16.3 Å². The molecular formula is C20H14ClNO5S. The average molecular weight is 416 g/mol. The van der Waals surface area contributed by atoms with E-state index in [1.807, 2.05) is 0 Å². The third-order valence-electron chi connectivity index (χ3n) is 4.30. The average Bonchev–Trinajstić information content (AvgIpc) is 2.68. The van der Waals surface area contributed by atoms with E-state index in [4.69, 9.17) is 16.0 Å². The first-order valence-corrected chi connectivity index (χ1v) is 9.56. The number of halogens is 1. The first-order chi connectivity index (χ1) is 13.5. The van der Waals surface area contributed by atoms with Crippen molar-refractivity contribution in [1.29, 1.82) is 0 Å². The molecule has 0 bridgehead atoms. The van der Waals surface area contributed by atoms with Gasteiger partial charge >= 0.3 is 5.63 Å². The smallest absolute Gasteiger partial charge is 0.354 e. The third-order valence-corrected chi connectivity index (χ3v) is 5.59. The van der Waals surface area contributed by atoms with Gasteiger partial charge in [0.15, 0.2) is 11.3 Å². The Labute approximate surface area is 167 Å². The molecule has 6 nitrogen and oxygen atoms in total. The van der Waals surface area contributed by atoms with Crippen molar-refractivity contribution in [2.75, 3.05) is 6.61 Å². The number of aliphatic hydroxyl groups excluding tert-OH is 1. The van der Waals surface area contributed by atoms with Gasteiger partial charge < -0.3 is 19.2 Å². The molecule has 4 rings (SSSR count). The first-order valence-electron chi connectivity index (χ1n) is 8.37.